The van der Waals surface area contributed by atoms with Gasteiger partial charge in [-0.2, -0.15) is 0 Å². The highest BCUT2D eigenvalue weighted by atomic mass is 16.5. The third kappa shape index (κ3) is 6.03. The van der Waals surface area contributed by atoms with E-state index in [4.69, 9.17) is 9.84 Å². The Balaban J connectivity index is 2.63. The maximum absolute atomic E-state index is 12.0. The Morgan fingerprint density at radius 2 is 2.00 bits per heavy atom. The zero-order chi connectivity index (χ0) is 16.8. The summed E-state index contributed by atoms with van der Waals surface area (Å²) in [7, 11) is 0. The van der Waals surface area contributed by atoms with Crippen molar-refractivity contribution in [2.24, 2.45) is 0 Å². The Bertz CT molecular complexity index is 541. The van der Waals surface area contributed by atoms with Crippen LogP contribution in [0.15, 0.2) is 18.2 Å². The van der Waals surface area contributed by atoms with Crippen molar-refractivity contribution in [1.82, 2.24) is 5.32 Å². The number of hydrogen-bond donors (Lipinski definition) is 3. The van der Waals surface area contributed by atoms with Crippen molar-refractivity contribution in [3.05, 3.63) is 23.8 Å². The minimum Gasteiger partial charge on any atom is -0.494 e. The summed E-state index contributed by atoms with van der Waals surface area (Å²) >= 11 is 0. The number of ether oxygens (including phenoxy) is 1. The van der Waals surface area contributed by atoms with Gasteiger partial charge in [-0.15, -0.1) is 0 Å². The van der Waals surface area contributed by atoms with Gasteiger partial charge in [0.1, 0.15) is 5.75 Å². The monoisotopic (exact) mass is 308 g/mol. The van der Waals surface area contributed by atoms with Crippen LogP contribution in [0.2, 0.25) is 0 Å². The molecular formula is C16H24N2O4. The van der Waals surface area contributed by atoms with Gasteiger partial charge in [-0.1, -0.05) is 0 Å². The minimum absolute atomic E-state index is 0.00929. The lowest BCUT2D eigenvalue weighted by molar-refractivity contribution is -0.137. The van der Waals surface area contributed by atoms with Crippen LogP contribution < -0.4 is 15.4 Å². The van der Waals surface area contributed by atoms with Crippen LogP contribution in [0.5, 0.6) is 5.75 Å². The molecule has 2 amide bonds. The molecule has 22 heavy (non-hydrogen) atoms. The van der Waals surface area contributed by atoms with Gasteiger partial charge in [0.05, 0.1) is 6.61 Å². The number of amides is 2. The van der Waals surface area contributed by atoms with Crippen LogP contribution >= 0.6 is 0 Å². The average Bonchev–Trinajstić information content (AvgIpc) is 2.39. The summed E-state index contributed by atoms with van der Waals surface area (Å²) in [6, 6.07) is 5.07. The molecule has 0 radical (unpaired) electrons. The number of carbonyl (C=O) groups excluding carboxylic acids is 1. The summed E-state index contributed by atoms with van der Waals surface area (Å²) in [6.07, 6.45) is 0.368. The molecule has 0 spiro atoms. The molecule has 1 rings (SSSR count). The normalized spacial score (nSPS) is 10.9. The Morgan fingerprint density at radius 3 is 2.55 bits per heavy atom. The average molecular weight is 308 g/mol. The number of carboxylic acid groups (broad SMARTS) is 1. The number of anilines is 1. The molecule has 122 valence electrons. The van der Waals surface area contributed by atoms with Crippen molar-refractivity contribution in [3.8, 4) is 5.75 Å². The van der Waals surface area contributed by atoms with Crippen molar-refractivity contribution in [3.63, 3.8) is 0 Å². The van der Waals surface area contributed by atoms with Crippen LogP contribution in [-0.2, 0) is 4.79 Å². The van der Waals surface area contributed by atoms with Crippen molar-refractivity contribution >= 4 is 17.7 Å². The Morgan fingerprint density at radius 1 is 1.32 bits per heavy atom. The molecule has 0 saturated heterocycles. The third-order valence-corrected chi connectivity index (χ3v) is 3.17. The number of urea groups is 1. The smallest absolute Gasteiger partial charge is 0.319 e. The lowest BCUT2D eigenvalue weighted by Gasteiger charge is -2.26. The molecule has 0 aliphatic rings. The van der Waals surface area contributed by atoms with Crippen molar-refractivity contribution < 1.29 is 19.4 Å². The van der Waals surface area contributed by atoms with Gasteiger partial charge in [0.15, 0.2) is 0 Å². The van der Waals surface area contributed by atoms with E-state index in [0.717, 1.165) is 11.3 Å². The van der Waals surface area contributed by atoms with E-state index in [1.165, 1.54) is 0 Å². The first kappa shape index (κ1) is 17.8. The maximum atomic E-state index is 12.0. The van der Waals surface area contributed by atoms with E-state index in [1.54, 1.807) is 26.0 Å². The largest absolute Gasteiger partial charge is 0.494 e. The van der Waals surface area contributed by atoms with E-state index >= 15 is 0 Å². The molecule has 3 N–H and O–H groups in total. The van der Waals surface area contributed by atoms with E-state index in [-0.39, 0.29) is 12.5 Å². The molecule has 0 aliphatic carbocycles. The van der Waals surface area contributed by atoms with Crippen LogP contribution in [0.1, 0.15) is 39.2 Å². The van der Waals surface area contributed by atoms with Gasteiger partial charge >= 0.3 is 12.0 Å². The molecule has 0 saturated carbocycles. The van der Waals surface area contributed by atoms with Crippen molar-refractivity contribution in [2.45, 2.75) is 46.1 Å². The zero-order valence-electron chi connectivity index (χ0n) is 13.5. The minimum atomic E-state index is -0.877. The molecule has 0 bridgehead atoms. The maximum Gasteiger partial charge on any atom is 0.319 e. The van der Waals surface area contributed by atoms with Gasteiger partial charge in [0, 0.05) is 17.6 Å². The first-order valence-corrected chi connectivity index (χ1v) is 7.28. The summed E-state index contributed by atoms with van der Waals surface area (Å²) in [5.41, 5.74) is 0.987. The van der Waals surface area contributed by atoms with Crippen LogP contribution in [0, 0.1) is 6.92 Å². The van der Waals surface area contributed by atoms with Gasteiger partial charge in [-0.25, -0.2) is 4.79 Å². The van der Waals surface area contributed by atoms with E-state index in [1.807, 2.05) is 19.9 Å². The van der Waals surface area contributed by atoms with E-state index in [0.29, 0.717) is 18.7 Å². The number of hydrogen-bond acceptors (Lipinski definition) is 3. The lowest BCUT2D eigenvalue weighted by atomic mass is 9.99. The number of carbonyl (C=O) groups is 2. The molecule has 0 unspecified atom stereocenters. The van der Waals surface area contributed by atoms with Gasteiger partial charge in [0.2, 0.25) is 0 Å². The van der Waals surface area contributed by atoms with Gasteiger partial charge < -0.3 is 20.5 Å². The second-order valence-electron chi connectivity index (χ2n) is 5.77. The van der Waals surface area contributed by atoms with Gasteiger partial charge in [0.25, 0.3) is 0 Å². The third-order valence-electron chi connectivity index (χ3n) is 3.17. The summed E-state index contributed by atoms with van der Waals surface area (Å²) < 4.78 is 5.40. The Hall–Kier alpha value is -2.24. The molecule has 0 aliphatic heterocycles. The molecule has 0 atom stereocenters. The Kier molecular flexibility index (Phi) is 6.22. The summed E-state index contributed by atoms with van der Waals surface area (Å²) in [5, 5.41) is 14.3. The van der Waals surface area contributed by atoms with Crippen LogP contribution in [0.25, 0.3) is 0 Å². The molecule has 0 fully saturated rings. The van der Waals surface area contributed by atoms with Gasteiger partial charge in [-0.3, -0.25) is 4.79 Å². The zero-order valence-corrected chi connectivity index (χ0v) is 13.5. The highest BCUT2D eigenvalue weighted by Gasteiger charge is 2.21. The van der Waals surface area contributed by atoms with Crippen molar-refractivity contribution in [2.75, 3.05) is 11.9 Å². The van der Waals surface area contributed by atoms with Crippen LogP contribution in [0.4, 0.5) is 10.5 Å². The van der Waals surface area contributed by atoms with E-state index in [9.17, 15) is 9.59 Å². The quantitative estimate of drug-likeness (QED) is 0.722. The Labute approximate surface area is 130 Å². The second-order valence-corrected chi connectivity index (χ2v) is 5.77. The second kappa shape index (κ2) is 7.68. The molecule has 0 aromatic heterocycles. The molecule has 1 aromatic carbocycles. The fourth-order valence-electron chi connectivity index (χ4n) is 1.98. The lowest BCUT2D eigenvalue weighted by Crippen LogP contribution is -2.45. The highest BCUT2D eigenvalue weighted by molar-refractivity contribution is 5.90. The SMILES string of the molecule is CCOc1ccc(NC(=O)NC(C)(C)CCC(=O)O)c(C)c1. The number of nitrogens with one attached hydrogen (secondary N) is 2. The molecular weight excluding hydrogens is 284 g/mol. The standard InChI is InChI=1S/C16H24N2O4/c1-5-22-12-6-7-13(11(2)10-12)17-15(21)18-16(3,4)9-8-14(19)20/h6-7,10H,5,8-9H2,1-4H3,(H,19,20)(H2,17,18,21). The van der Waals surface area contributed by atoms with Crippen LogP contribution in [0.3, 0.4) is 0 Å². The summed E-state index contributed by atoms with van der Waals surface area (Å²) in [6.45, 7) is 7.97. The number of rotatable bonds is 7. The number of aliphatic carboxylic acids is 1. The van der Waals surface area contributed by atoms with E-state index < -0.39 is 11.5 Å². The molecule has 0 heterocycles. The van der Waals surface area contributed by atoms with E-state index in [2.05, 4.69) is 10.6 Å². The predicted molar refractivity (Wildman–Crippen MR) is 85.5 cm³/mol. The van der Waals surface area contributed by atoms with Gasteiger partial charge in [-0.05, 0) is 57.9 Å². The first-order valence-electron chi connectivity index (χ1n) is 7.28. The molecule has 6 nitrogen and oxygen atoms in total. The summed E-state index contributed by atoms with van der Waals surface area (Å²) in [5.74, 6) is -0.120. The number of benzene rings is 1. The number of aryl methyl sites for hydroxylation is 1. The summed E-state index contributed by atoms with van der Waals surface area (Å²) in [4.78, 5) is 22.6. The van der Waals surface area contributed by atoms with Crippen molar-refractivity contribution in [1.29, 1.82) is 0 Å². The molecule has 1 aromatic rings. The molecule has 6 heteroatoms. The van der Waals surface area contributed by atoms with Crippen LogP contribution in [-0.4, -0.2) is 29.3 Å². The predicted octanol–water partition coefficient (Wildman–Crippen LogP) is 3.16. The number of carboxylic acids is 1. The fourth-order valence-corrected chi connectivity index (χ4v) is 1.98. The topological polar surface area (TPSA) is 87.7 Å². The highest BCUT2D eigenvalue weighted by Crippen LogP contribution is 2.21. The first-order chi connectivity index (χ1) is 10.2. The fraction of sp³-hybridized carbons (Fsp3) is 0.500.